The van der Waals surface area contributed by atoms with Gasteiger partial charge in [-0.3, -0.25) is 4.79 Å². The minimum Gasteiger partial charge on any atom is -0.375 e. The third-order valence-electron chi connectivity index (χ3n) is 3.11. The molecule has 3 heteroatoms. The van der Waals surface area contributed by atoms with Gasteiger partial charge in [-0.1, -0.05) is 55.5 Å². The highest BCUT2D eigenvalue weighted by Crippen LogP contribution is 2.21. The molecule has 2 aromatic carbocycles. The Morgan fingerprint density at radius 2 is 1.53 bits per heavy atom. The van der Waals surface area contributed by atoms with Gasteiger partial charge in [-0.2, -0.15) is 0 Å². The maximum Gasteiger partial charge on any atom is 0.162 e. The van der Waals surface area contributed by atoms with E-state index < -0.39 is 6.23 Å². The van der Waals surface area contributed by atoms with E-state index in [1.807, 2.05) is 43.3 Å². The van der Waals surface area contributed by atoms with Gasteiger partial charge in [-0.15, -0.1) is 0 Å². The Balaban J connectivity index is 2.24. The quantitative estimate of drug-likeness (QED) is 0.652. The van der Waals surface area contributed by atoms with E-state index in [0.717, 1.165) is 16.7 Å². The summed E-state index contributed by atoms with van der Waals surface area (Å²) < 4.78 is 0. The predicted octanol–water partition coefficient (Wildman–Crippen LogP) is 2.90. The van der Waals surface area contributed by atoms with Gasteiger partial charge < -0.3 is 10.8 Å². The molecule has 3 nitrogen and oxygen atoms in total. The molecule has 1 unspecified atom stereocenters. The third-order valence-corrected chi connectivity index (χ3v) is 3.11. The van der Waals surface area contributed by atoms with Crippen LogP contribution in [0, 0.1) is 0 Å². The highest BCUT2D eigenvalue weighted by molar-refractivity contribution is 5.96. The van der Waals surface area contributed by atoms with Crippen LogP contribution in [0.5, 0.6) is 0 Å². The van der Waals surface area contributed by atoms with Gasteiger partial charge >= 0.3 is 0 Å². The number of aliphatic hydroxyl groups excluding tert-OH is 1. The lowest BCUT2D eigenvalue weighted by Crippen LogP contribution is -2.07. The lowest BCUT2D eigenvalue weighted by Gasteiger charge is -2.07. The lowest BCUT2D eigenvalue weighted by molar-refractivity contribution is 0.0988. The molecule has 0 amide bonds. The Hall–Kier alpha value is -1.97. The lowest BCUT2D eigenvalue weighted by atomic mass is 10.0. The number of aliphatic hydroxyl groups is 1. The van der Waals surface area contributed by atoms with Crippen molar-refractivity contribution in [3.63, 3.8) is 0 Å². The van der Waals surface area contributed by atoms with E-state index in [1.165, 1.54) is 0 Å². The molecule has 1 atom stereocenters. The van der Waals surface area contributed by atoms with Crippen molar-refractivity contribution in [2.75, 3.05) is 0 Å². The van der Waals surface area contributed by atoms with Gasteiger partial charge in [0.25, 0.3) is 0 Å². The number of Topliss-reactive ketones (excluding diaryl/α,β-unsaturated/α-hetero) is 1. The molecule has 19 heavy (non-hydrogen) atoms. The molecule has 3 N–H and O–H groups in total. The van der Waals surface area contributed by atoms with Crippen LogP contribution in [0.15, 0.2) is 48.5 Å². The largest absolute Gasteiger partial charge is 0.375 e. The fraction of sp³-hybridized carbons (Fsp3) is 0.188. The maximum absolute atomic E-state index is 11.5. The number of hydrogen-bond acceptors (Lipinski definition) is 3. The molecule has 0 saturated carbocycles. The van der Waals surface area contributed by atoms with Crippen molar-refractivity contribution in [1.29, 1.82) is 0 Å². The summed E-state index contributed by atoms with van der Waals surface area (Å²) in [6, 6.07) is 14.9. The first-order chi connectivity index (χ1) is 9.11. The highest BCUT2D eigenvalue weighted by atomic mass is 16.3. The van der Waals surface area contributed by atoms with Crippen molar-refractivity contribution in [3.8, 4) is 11.1 Å². The molecular formula is C16H17NO2. The van der Waals surface area contributed by atoms with E-state index in [-0.39, 0.29) is 5.78 Å². The van der Waals surface area contributed by atoms with Crippen LogP contribution in [0.25, 0.3) is 11.1 Å². The van der Waals surface area contributed by atoms with Crippen LogP contribution < -0.4 is 5.73 Å². The van der Waals surface area contributed by atoms with Crippen molar-refractivity contribution in [2.45, 2.75) is 19.6 Å². The van der Waals surface area contributed by atoms with E-state index in [2.05, 4.69) is 0 Å². The predicted molar refractivity (Wildman–Crippen MR) is 75.6 cm³/mol. The maximum atomic E-state index is 11.5. The summed E-state index contributed by atoms with van der Waals surface area (Å²) >= 11 is 0. The average molecular weight is 255 g/mol. The van der Waals surface area contributed by atoms with E-state index in [1.54, 1.807) is 12.1 Å². The Labute approximate surface area is 112 Å². The summed E-state index contributed by atoms with van der Waals surface area (Å²) in [5.41, 5.74) is 8.87. The molecular weight excluding hydrogens is 238 g/mol. The second-order valence-electron chi connectivity index (χ2n) is 4.42. The fourth-order valence-corrected chi connectivity index (χ4v) is 1.93. The van der Waals surface area contributed by atoms with Crippen LogP contribution >= 0.6 is 0 Å². The monoisotopic (exact) mass is 255 g/mol. The number of hydrogen-bond donors (Lipinski definition) is 2. The van der Waals surface area contributed by atoms with Gasteiger partial charge in [-0.05, 0) is 16.7 Å². The van der Waals surface area contributed by atoms with Gasteiger partial charge in [0.05, 0.1) is 0 Å². The smallest absolute Gasteiger partial charge is 0.162 e. The van der Waals surface area contributed by atoms with Crippen LogP contribution in [-0.4, -0.2) is 10.9 Å². The SMILES string of the molecule is CCC(=O)c1ccc(-c2ccc(C(N)O)cc2)cc1. The fourth-order valence-electron chi connectivity index (χ4n) is 1.93. The van der Waals surface area contributed by atoms with E-state index in [9.17, 15) is 9.90 Å². The normalized spacial score (nSPS) is 12.2. The number of rotatable bonds is 4. The van der Waals surface area contributed by atoms with Crippen molar-refractivity contribution in [3.05, 3.63) is 59.7 Å². The zero-order valence-electron chi connectivity index (χ0n) is 10.8. The molecule has 0 radical (unpaired) electrons. The highest BCUT2D eigenvalue weighted by Gasteiger charge is 2.05. The van der Waals surface area contributed by atoms with Crippen LogP contribution in [-0.2, 0) is 0 Å². The molecule has 0 fully saturated rings. The molecule has 98 valence electrons. The average Bonchev–Trinajstić information content (AvgIpc) is 2.46. The molecule has 0 aliphatic carbocycles. The Bertz CT molecular complexity index is 556. The molecule has 2 rings (SSSR count). The Morgan fingerprint density at radius 3 is 1.95 bits per heavy atom. The summed E-state index contributed by atoms with van der Waals surface area (Å²) in [5, 5.41) is 9.25. The second-order valence-corrected chi connectivity index (χ2v) is 4.42. The zero-order chi connectivity index (χ0) is 13.8. The molecule has 0 aliphatic heterocycles. The number of carbonyl (C=O) groups is 1. The summed E-state index contributed by atoms with van der Waals surface area (Å²) in [4.78, 5) is 11.5. The minimum atomic E-state index is -0.946. The first-order valence-corrected chi connectivity index (χ1v) is 6.29. The Kier molecular flexibility index (Phi) is 4.10. The number of nitrogens with two attached hydrogens (primary N) is 1. The number of benzene rings is 2. The summed E-state index contributed by atoms with van der Waals surface area (Å²) in [5.74, 6) is 0.146. The molecule has 2 aromatic rings. The topological polar surface area (TPSA) is 63.3 Å². The van der Waals surface area contributed by atoms with E-state index in [0.29, 0.717) is 12.0 Å². The molecule has 0 saturated heterocycles. The van der Waals surface area contributed by atoms with Crippen LogP contribution in [0.3, 0.4) is 0 Å². The first kappa shape index (κ1) is 13.5. The van der Waals surface area contributed by atoms with Crippen LogP contribution in [0.1, 0.15) is 35.5 Å². The van der Waals surface area contributed by atoms with Gasteiger partial charge in [0.15, 0.2) is 5.78 Å². The molecule has 0 heterocycles. The Morgan fingerprint density at radius 1 is 1.05 bits per heavy atom. The van der Waals surface area contributed by atoms with E-state index >= 15 is 0 Å². The van der Waals surface area contributed by atoms with Crippen LogP contribution in [0.2, 0.25) is 0 Å². The summed E-state index contributed by atoms with van der Waals surface area (Å²) in [7, 11) is 0. The van der Waals surface area contributed by atoms with Crippen molar-refractivity contribution < 1.29 is 9.90 Å². The standard InChI is InChI=1S/C16H17NO2/c1-2-15(18)13-7-3-11(4-8-13)12-5-9-14(10-6-12)16(17)19/h3-10,16,19H,2,17H2,1H3. The molecule has 0 spiro atoms. The number of carbonyl (C=O) groups excluding carboxylic acids is 1. The van der Waals surface area contributed by atoms with E-state index in [4.69, 9.17) is 5.73 Å². The summed E-state index contributed by atoms with van der Waals surface area (Å²) in [6.07, 6.45) is -0.429. The molecule has 0 bridgehead atoms. The van der Waals surface area contributed by atoms with Crippen LogP contribution in [0.4, 0.5) is 0 Å². The van der Waals surface area contributed by atoms with Crippen molar-refractivity contribution in [2.24, 2.45) is 5.73 Å². The molecule has 0 aromatic heterocycles. The second kappa shape index (κ2) is 5.78. The number of ketones is 1. The van der Waals surface area contributed by atoms with Crippen molar-refractivity contribution >= 4 is 5.78 Å². The minimum absolute atomic E-state index is 0.146. The zero-order valence-corrected chi connectivity index (χ0v) is 10.8. The van der Waals surface area contributed by atoms with Gasteiger partial charge in [0.2, 0.25) is 0 Å². The summed E-state index contributed by atoms with van der Waals surface area (Å²) in [6.45, 7) is 1.85. The van der Waals surface area contributed by atoms with Gasteiger partial charge in [0.1, 0.15) is 6.23 Å². The molecule has 0 aliphatic rings. The van der Waals surface area contributed by atoms with Crippen molar-refractivity contribution in [1.82, 2.24) is 0 Å². The van der Waals surface area contributed by atoms with Gasteiger partial charge in [-0.25, -0.2) is 0 Å². The first-order valence-electron chi connectivity index (χ1n) is 6.29. The van der Waals surface area contributed by atoms with Gasteiger partial charge in [0, 0.05) is 12.0 Å². The third kappa shape index (κ3) is 3.08.